The van der Waals surface area contributed by atoms with Crippen molar-refractivity contribution in [2.75, 3.05) is 18.0 Å². The van der Waals surface area contributed by atoms with Gasteiger partial charge in [0.2, 0.25) is 0 Å². The number of nitro benzene ring substituents is 1. The van der Waals surface area contributed by atoms with E-state index in [0.717, 1.165) is 35.8 Å². The van der Waals surface area contributed by atoms with E-state index in [1.165, 1.54) is 18.9 Å². The molecule has 1 unspecified atom stereocenters. The Morgan fingerprint density at radius 3 is 2.88 bits per heavy atom. The van der Waals surface area contributed by atoms with E-state index in [4.69, 9.17) is 5.10 Å². The molecule has 1 saturated heterocycles. The van der Waals surface area contributed by atoms with Crippen molar-refractivity contribution >= 4 is 17.2 Å². The van der Waals surface area contributed by atoms with Crippen molar-refractivity contribution in [3.8, 4) is 11.3 Å². The lowest BCUT2D eigenvalue weighted by atomic mass is 10.0. The highest BCUT2D eigenvalue weighted by Crippen LogP contribution is 2.28. The van der Waals surface area contributed by atoms with Crippen LogP contribution in [0.1, 0.15) is 25.5 Å². The minimum Gasteiger partial charge on any atom is -0.356 e. The lowest BCUT2D eigenvalue weighted by molar-refractivity contribution is -0.384. The topological polar surface area (TPSA) is 76.6 Å². The first-order valence-electron chi connectivity index (χ1n) is 8.88. The van der Waals surface area contributed by atoms with Gasteiger partial charge in [-0.25, -0.2) is 4.98 Å². The predicted molar refractivity (Wildman–Crippen MR) is 100 cm³/mol. The van der Waals surface area contributed by atoms with Gasteiger partial charge in [-0.1, -0.05) is 19.1 Å². The number of nitrogens with zero attached hydrogens (tertiary/aromatic N) is 5. The minimum absolute atomic E-state index is 0.0637. The zero-order valence-corrected chi connectivity index (χ0v) is 14.9. The summed E-state index contributed by atoms with van der Waals surface area (Å²) in [5.41, 5.74) is 3.18. The third-order valence-corrected chi connectivity index (χ3v) is 4.87. The van der Waals surface area contributed by atoms with E-state index in [9.17, 15) is 10.1 Å². The lowest BCUT2D eigenvalue weighted by Crippen LogP contribution is -2.35. The van der Waals surface area contributed by atoms with Crippen molar-refractivity contribution in [2.45, 2.75) is 26.7 Å². The summed E-state index contributed by atoms with van der Waals surface area (Å²) in [5, 5.41) is 15.8. The van der Waals surface area contributed by atoms with Gasteiger partial charge in [-0.15, -0.1) is 0 Å². The van der Waals surface area contributed by atoms with Crippen LogP contribution in [0, 0.1) is 23.0 Å². The van der Waals surface area contributed by atoms with E-state index in [2.05, 4.69) is 22.9 Å². The second-order valence-electron chi connectivity index (χ2n) is 7.06. The second-order valence-corrected chi connectivity index (χ2v) is 7.06. The molecule has 2 aromatic heterocycles. The maximum Gasteiger partial charge on any atom is 0.270 e. The van der Waals surface area contributed by atoms with Crippen molar-refractivity contribution in [1.29, 1.82) is 0 Å². The highest BCUT2D eigenvalue weighted by atomic mass is 16.6. The molecule has 26 heavy (non-hydrogen) atoms. The van der Waals surface area contributed by atoms with Crippen molar-refractivity contribution in [3.63, 3.8) is 0 Å². The van der Waals surface area contributed by atoms with Crippen LogP contribution in [0.2, 0.25) is 0 Å². The fourth-order valence-electron chi connectivity index (χ4n) is 3.62. The SMILES string of the molecule is Cc1cc(N2CCCC(C)C2)n2nc(-c3cccc([N+](=O)[O-])c3)cc2n1. The highest BCUT2D eigenvalue weighted by Gasteiger charge is 2.21. The number of rotatable bonds is 3. The molecular formula is C19H21N5O2. The third kappa shape index (κ3) is 3.00. The van der Waals surface area contributed by atoms with Crippen LogP contribution in [0.4, 0.5) is 11.5 Å². The van der Waals surface area contributed by atoms with Crippen molar-refractivity contribution < 1.29 is 4.92 Å². The normalized spacial score (nSPS) is 17.6. The lowest BCUT2D eigenvalue weighted by Gasteiger charge is -2.32. The van der Waals surface area contributed by atoms with Gasteiger partial charge in [0.05, 0.1) is 10.6 Å². The Labute approximate surface area is 151 Å². The zero-order chi connectivity index (χ0) is 18.3. The number of aromatic nitrogens is 3. The molecule has 0 saturated carbocycles. The van der Waals surface area contributed by atoms with Crippen LogP contribution in [0.3, 0.4) is 0 Å². The Morgan fingerprint density at radius 2 is 2.12 bits per heavy atom. The fourth-order valence-corrected chi connectivity index (χ4v) is 3.62. The van der Waals surface area contributed by atoms with Crippen LogP contribution >= 0.6 is 0 Å². The maximum absolute atomic E-state index is 11.1. The number of non-ortho nitro benzene ring substituents is 1. The number of hydrogen-bond donors (Lipinski definition) is 0. The van der Waals surface area contributed by atoms with E-state index in [-0.39, 0.29) is 10.6 Å². The van der Waals surface area contributed by atoms with E-state index < -0.39 is 0 Å². The van der Waals surface area contributed by atoms with Crippen molar-refractivity contribution in [1.82, 2.24) is 14.6 Å². The molecule has 0 radical (unpaired) electrons. The summed E-state index contributed by atoms with van der Waals surface area (Å²) in [7, 11) is 0. The molecule has 1 fully saturated rings. The third-order valence-electron chi connectivity index (χ3n) is 4.87. The van der Waals surface area contributed by atoms with Gasteiger partial charge in [-0.2, -0.15) is 9.61 Å². The highest BCUT2D eigenvalue weighted by molar-refractivity contribution is 5.68. The molecule has 0 bridgehead atoms. The summed E-state index contributed by atoms with van der Waals surface area (Å²) in [6, 6.07) is 10.5. The van der Waals surface area contributed by atoms with Crippen molar-refractivity contribution in [3.05, 3.63) is 52.2 Å². The average molecular weight is 351 g/mol. The summed E-state index contributed by atoms with van der Waals surface area (Å²) in [6.07, 6.45) is 2.42. The van der Waals surface area contributed by atoms with Gasteiger partial charge in [-0.05, 0) is 25.7 Å². The molecule has 0 N–H and O–H groups in total. The van der Waals surface area contributed by atoms with Crippen LogP contribution in [0.25, 0.3) is 16.9 Å². The molecule has 3 heterocycles. The number of piperidine rings is 1. The first kappa shape index (κ1) is 16.5. The number of hydrogen-bond acceptors (Lipinski definition) is 5. The molecule has 1 aliphatic heterocycles. The molecule has 0 amide bonds. The standard InChI is InChI=1S/C19H21N5O2/c1-13-5-4-8-22(12-13)19-9-14(2)20-18-11-17(21-23(18)19)15-6-3-7-16(10-15)24(25)26/h3,6-7,9-11,13H,4-5,8,12H2,1-2H3. The number of fused-ring (bicyclic) bond motifs is 1. The molecule has 0 spiro atoms. The monoisotopic (exact) mass is 351 g/mol. The number of benzene rings is 1. The minimum atomic E-state index is -0.387. The van der Waals surface area contributed by atoms with Gasteiger partial charge >= 0.3 is 0 Å². The fraction of sp³-hybridized carbons (Fsp3) is 0.368. The molecular weight excluding hydrogens is 330 g/mol. The van der Waals surface area contributed by atoms with E-state index in [1.807, 2.05) is 23.6 Å². The smallest absolute Gasteiger partial charge is 0.270 e. The van der Waals surface area contributed by atoms with Gasteiger partial charge in [0.25, 0.3) is 5.69 Å². The van der Waals surface area contributed by atoms with Gasteiger partial charge in [-0.3, -0.25) is 10.1 Å². The van der Waals surface area contributed by atoms with Crippen LogP contribution < -0.4 is 4.90 Å². The van der Waals surface area contributed by atoms with Crippen LogP contribution in [-0.2, 0) is 0 Å². The Morgan fingerprint density at radius 1 is 1.27 bits per heavy atom. The molecule has 4 rings (SSSR count). The summed E-state index contributed by atoms with van der Waals surface area (Å²) < 4.78 is 1.86. The molecule has 1 aromatic carbocycles. The largest absolute Gasteiger partial charge is 0.356 e. The van der Waals surface area contributed by atoms with Gasteiger partial charge in [0, 0.05) is 48.6 Å². The van der Waals surface area contributed by atoms with Gasteiger partial charge in [0.15, 0.2) is 5.65 Å². The van der Waals surface area contributed by atoms with Crippen LogP contribution in [-0.4, -0.2) is 32.6 Å². The van der Waals surface area contributed by atoms with Gasteiger partial charge < -0.3 is 4.90 Å². The second kappa shape index (κ2) is 6.40. The van der Waals surface area contributed by atoms with E-state index >= 15 is 0 Å². The molecule has 7 nitrogen and oxygen atoms in total. The predicted octanol–water partition coefficient (Wildman–Crippen LogP) is 3.85. The summed E-state index contributed by atoms with van der Waals surface area (Å²) in [6.45, 7) is 6.27. The average Bonchev–Trinajstić information content (AvgIpc) is 3.05. The first-order valence-corrected chi connectivity index (χ1v) is 8.88. The first-order chi connectivity index (χ1) is 12.5. The van der Waals surface area contributed by atoms with Crippen LogP contribution in [0.5, 0.6) is 0 Å². The quantitative estimate of drug-likeness (QED) is 0.529. The molecule has 7 heteroatoms. The van der Waals surface area contributed by atoms with Gasteiger partial charge in [0.1, 0.15) is 5.82 Å². The zero-order valence-electron chi connectivity index (χ0n) is 14.9. The number of anilines is 1. The Hall–Kier alpha value is -2.96. The van der Waals surface area contributed by atoms with Crippen molar-refractivity contribution in [2.24, 2.45) is 5.92 Å². The van der Waals surface area contributed by atoms with E-state index in [1.54, 1.807) is 12.1 Å². The summed E-state index contributed by atoms with van der Waals surface area (Å²) in [4.78, 5) is 17.6. The maximum atomic E-state index is 11.1. The van der Waals surface area contributed by atoms with E-state index in [0.29, 0.717) is 11.6 Å². The molecule has 0 aliphatic carbocycles. The molecule has 1 aliphatic rings. The summed E-state index contributed by atoms with van der Waals surface area (Å²) >= 11 is 0. The number of aryl methyl sites for hydroxylation is 1. The Bertz CT molecular complexity index is 981. The summed E-state index contributed by atoms with van der Waals surface area (Å²) in [5.74, 6) is 1.69. The molecule has 3 aromatic rings. The molecule has 134 valence electrons. The van der Waals surface area contributed by atoms with Crippen LogP contribution in [0.15, 0.2) is 36.4 Å². The Balaban J connectivity index is 1.81. The Kier molecular flexibility index (Phi) is 4.06. The molecule has 1 atom stereocenters. The number of nitro groups is 1.